The maximum atomic E-state index is 9.16. The zero-order chi connectivity index (χ0) is 15.1. The zero-order valence-electron chi connectivity index (χ0n) is 12.4. The van der Waals surface area contributed by atoms with Crippen molar-refractivity contribution in [1.29, 1.82) is 0 Å². The number of fused-ring (bicyclic) bond motifs is 1. The zero-order valence-corrected chi connectivity index (χ0v) is 14.0. The van der Waals surface area contributed by atoms with Crippen LogP contribution in [0.2, 0.25) is 0 Å². The SMILES string of the molecule is C[C@H](O)C[NH2+]CCCCOc1ccc2ccccc2c1Br. The van der Waals surface area contributed by atoms with Crippen LogP contribution in [0.5, 0.6) is 5.75 Å². The van der Waals surface area contributed by atoms with Crippen molar-refractivity contribution in [2.24, 2.45) is 0 Å². The van der Waals surface area contributed by atoms with Gasteiger partial charge in [-0.1, -0.05) is 30.3 Å². The van der Waals surface area contributed by atoms with E-state index in [1.807, 2.05) is 25.1 Å². The van der Waals surface area contributed by atoms with Crippen LogP contribution in [0, 0.1) is 0 Å². The van der Waals surface area contributed by atoms with E-state index in [4.69, 9.17) is 9.84 Å². The second-order valence-corrected chi connectivity index (χ2v) is 6.11. The number of nitrogens with two attached hydrogens (primary N) is 1. The van der Waals surface area contributed by atoms with E-state index in [1.165, 1.54) is 10.8 Å². The monoisotopic (exact) mass is 352 g/mol. The summed E-state index contributed by atoms with van der Waals surface area (Å²) in [7, 11) is 0. The maximum absolute atomic E-state index is 9.16. The van der Waals surface area contributed by atoms with Gasteiger partial charge in [-0.2, -0.15) is 0 Å². The second kappa shape index (κ2) is 8.37. The normalized spacial score (nSPS) is 12.5. The van der Waals surface area contributed by atoms with E-state index in [0.717, 1.165) is 42.8 Å². The number of halogens is 1. The summed E-state index contributed by atoms with van der Waals surface area (Å²) in [5.41, 5.74) is 0. The van der Waals surface area contributed by atoms with E-state index >= 15 is 0 Å². The third kappa shape index (κ3) is 4.99. The third-order valence-corrected chi connectivity index (χ3v) is 4.21. The molecule has 3 N–H and O–H groups in total. The van der Waals surface area contributed by atoms with Crippen molar-refractivity contribution in [2.75, 3.05) is 19.7 Å². The fourth-order valence-electron chi connectivity index (χ4n) is 2.26. The summed E-state index contributed by atoms with van der Waals surface area (Å²) >= 11 is 3.63. The van der Waals surface area contributed by atoms with Crippen molar-refractivity contribution in [2.45, 2.75) is 25.9 Å². The van der Waals surface area contributed by atoms with Gasteiger partial charge in [-0.05, 0) is 52.5 Å². The number of quaternary nitrogens is 1. The van der Waals surface area contributed by atoms with Gasteiger partial charge in [-0.3, -0.25) is 0 Å². The van der Waals surface area contributed by atoms with Crippen molar-refractivity contribution in [3.05, 3.63) is 40.9 Å². The van der Waals surface area contributed by atoms with Gasteiger partial charge in [-0.25, -0.2) is 0 Å². The van der Waals surface area contributed by atoms with Crippen molar-refractivity contribution in [1.82, 2.24) is 0 Å². The van der Waals surface area contributed by atoms with Crippen LogP contribution in [-0.4, -0.2) is 30.9 Å². The molecule has 0 amide bonds. The minimum Gasteiger partial charge on any atom is -0.492 e. The van der Waals surface area contributed by atoms with Crippen LogP contribution in [0.25, 0.3) is 10.8 Å². The van der Waals surface area contributed by atoms with Gasteiger partial charge in [0.15, 0.2) is 0 Å². The number of hydrogen-bond acceptors (Lipinski definition) is 2. The second-order valence-electron chi connectivity index (χ2n) is 5.32. The molecule has 0 heterocycles. The molecule has 0 aliphatic rings. The Hall–Kier alpha value is -1.10. The lowest BCUT2D eigenvalue weighted by atomic mass is 10.1. The van der Waals surface area contributed by atoms with E-state index in [1.54, 1.807) is 0 Å². The Morgan fingerprint density at radius 1 is 1.19 bits per heavy atom. The third-order valence-electron chi connectivity index (χ3n) is 3.40. The maximum Gasteiger partial charge on any atom is 0.134 e. The van der Waals surface area contributed by atoms with Crippen LogP contribution in [0.3, 0.4) is 0 Å². The minimum absolute atomic E-state index is 0.227. The number of aliphatic hydroxyl groups is 1. The van der Waals surface area contributed by atoms with Gasteiger partial charge in [0.25, 0.3) is 0 Å². The molecule has 0 bridgehead atoms. The molecular formula is C17H23BrNO2+. The van der Waals surface area contributed by atoms with E-state index in [9.17, 15) is 0 Å². The fraction of sp³-hybridized carbons (Fsp3) is 0.412. The van der Waals surface area contributed by atoms with Gasteiger partial charge in [0.05, 0.1) is 23.7 Å². The first kappa shape index (κ1) is 16.3. The van der Waals surface area contributed by atoms with Gasteiger partial charge in [-0.15, -0.1) is 0 Å². The van der Waals surface area contributed by atoms with E-state index in [0.29, 0.717) is 0 Å². The predicted octanol–water partition coefficient (Wildman–Crippen LogP) is 2.71. The molecule has 0 radical (unpaired) electrons. The Kier molecular flexibility index (Phi) is 6.49. The van der Waals surface area contributed by atoms with E-state index in [-0.39, 0.29) is 6.10 Å². The van der Waals surface area contributed by atoms with Crippen LogP contribution in [0.15, 0.2) is 40.9 Å². The molecule has 21 heavy (non-hydrogen) atoms. The molecule has 0 saturated carbocycles. The average Bonchev–Trinajstić information content (AvgIpc) is 2.48. The minimum atomic E-state index is -0.227. The molecule has 0 unspecified atom stereocenters. The summed E-state index contributed by atoms with van der Waals surface area (Å²) in [4.78, 5) is 0. The van der Waals surface area contributed by atoms with Gasteiger partial charge >= 0.3 is 0 Å². The number of hydrogen-bond donors (Lipinski definition) is 2. The van der Waals surface area contributed by atoms with Crippen LogP contribution in [-0.2, 0) is 0 Å². The highest BCUT2D eigenvalue weighted by atomic mass is 79.9. The molecule has 0 spiro atoms. The van der Waals surface area contributed by atoms with E-state index in [2.05, 4.69) is 39.4 Å². The highest BCUT2D eigenvalue weighted by Gasteiger charge is 2.05. The van der Waals surface area contributed by atoms with Crippen molar-refractivity contribution >= 4 is 26.7 Å². The van der Waals surface area contributed by atoms with Gasteiger partial charge in [0.2, 0.25) is 0 Å². The van der Waals surface area contributed by atoms with Crippen molar-refractivity contribution in [3.63, 3.8) is 0 Å². The number of benzene rings is 2. The Balaban J connectivity index is 1.77. The lowest BCUT2D eigenvalue weighted by Gasteiger charge is -2.10. The summed E-state index contributed by atoms with van der Waals surface area (Å²) < 4.78 is 6.89. The molecular weight excluding hydrogens is 330 g/mol. The molecule has 2 aromatic carbocycles. The molecule has 0 aliphatic carbocycles. The Morgan fingerprint density at radius 2 is 2.00 bits per heavy atom. The molecule has 0 fully saturated rings. The molecule has 4 heteroatoms. The highest BCUT2D eigenvalue weighted by Crippen LogP contribution is 2.33. The molecule has 0 aliphatic heterocycles. The average molecular weight is 353 g/mol. The molecule has 0 aromatic heterocycles. The summed E-state index contributed by atoms with van der Waals surface area (Å²) in [6.45, 7) is 4.35. The lowest BCUT2D eigenvalue weighted by Crippen LogP contribution is -2.86. The molecule has 0 saturated heterocycles. The van der Waals surface area contributed by atoms with Gasteiger partial charge < -0.3 is 15.2 Å². The predicted molar refractivity (Wildman–Crippen MR) is 89.7 cm³/mol. The first-order valence-corrected chi connectivity index (χ1v) is 8.27. The van der Waals surface area contributed by atoms with Gasteiger partial charge in [0, 0.05) is 0 Å². The van der Waals surface area contributed by atoms with Crippen LogP contribution < -0.4 is 10.1 Å². The number of ether oxygens (including phenoxy) is 1. The standard InChI is InChI=1S/C17H22BrNO2/c1-13(20)12-19-10-4-5-11-21-16-9-8-14-6-2-3-7-15(14)17(16)18/h2-3,6-9,13,19-20H,4-5,10-12H2,1H3/p+1/t13-/m0/s1. The topological polar surface area (TPSA) is 46.1 Å². The largest absolute Gasteiger partial charge is 0.492 e. The molecule has 3 nitrogen and oxygen atoms in total. The first-order valence-electron chi connectivity index (χ1n) is 7.48. The summed E-state index contributed by atoms with van der Waals surface area (Å²) in [5.74, 6) is 0.904. The summed E-state index contributed by atoms with van der Waals surface area (Å²) in [6.07, 6.45) is 1.89. The summed E-state index contributed by atoms with van der Waals surface area (Å²) in [6, 6.07) is 12.4. The van der Waals surface area contributed by atoms with Gasteiger partial charge in [0.1, 0.15) is 12.3 Å². The fourth-order valence-corrected chi connectivity index (χ4v) is 2.86. The molecule has 2 rings (SSSR count). The first-order chi connectivity index (χ1) is 10.2. The number of aliphatic hydroxyl groups excluding tert-OH is 1. The Labute approximate surface area is 134 Å². The Morgan fingerprint density at radius 3 is 2.81 bits per heavy atom. The Bertz CT molecular complexity index is 572. The lowest BCUT2D eigenvalue weighted by molar-refractivity contribution is -0.660. The number of unbranched alkanes of at least 4 members (excludes halogenated alkanes) is 1. The van der Waals surface area contributed by atoms with E-state index < -0.39 is 0 Å². The molecule has 1 atom stereocenters. The van der Waals surface area contributed by atoms with Crippen molar-refractivity contribution in [3.8, 4) is 5.75 Å². The highest BCUT2D eigenvalue weighted by molar-refractivity contribution is 9.10. The smallest absolute Gasteiger partial charge is 0.134 e. The quantitative estimate of drug-likeness (QED) is 0.717. The van der Waals surface area contributed by atoms with Crippen LogP contribution >= 0.6 is 15.9 Å². The summed E-state index contributed by atoms with van der Waals surface area (Å²) in [5, 5.41) is 13.7. The van der Waals surface area contributed by atoms with Crippen LogP contribution in [0.1, 0.15) is 19.8 Å². The number of rotatable bonds is 8. The van der Waals surface area contributed by atoms with Crippen molar-refractivity contribution < 1.29 is 15.2 Å². The molecule has 2 aromatic rings. The molecule has 114 valence electrons. The van der Waals surface area contributed by atoms with Crippen LogP contribution in [0.4, 0.5) is 0 Å².